The number of aromatic hydroxyl groups is 2. The van der Waals surface area contributed by atoms with Gasteiger partial charge in [-0.2, -0.15) is 0 Å². The van der Waals surface area contributed by atoms with E-state index in [-0.39, 0.29) is 28.5 Å². The first-order chi connectivity index (χ1) is 7.90. The summed E-state index contributed by atoms with van der Waals surface area (Å²) < 4.78 is 0. The minimum atomic E-state index is -0.289. The summed E-state index contributed by atoms with van der Waals surface area (Å²) in [5.41, 5.74) is -0.00587. The van der Waals surface area contributed by atoms with Crippen molar-refractivity contribution >= 4 is 5.91 Å². The van der Waals surface area contributed by atoms with Crippen LogP contribution in [0.4, 0.5) is 0 Å². The molecule has 0 aliphatic heterocycles. The fraction of sp³-hybridized carbons (Fsp3) is 0.462. The van der Waals surface area contributed by atoms with Crippen LogP contribution in [0.1, 0.15) is 44.0 Å². The molecule has 3 N–H and O–H groups in total. The van der Waals surface area contributed by atoms with E-state index < -0.39 is 0 Å². The van der Waals surface area contributed by atoms with Gasteiger partial charge < -0.3 is 15.5 Å². The minimum absolute atomic E-state index is 0.121. The highest BCUT2D eigenvalue weighted by atomic mass is 16.3. The van der Waals surface area contributed by atoms with Crippen LogP contribution in [-0.2, 0) is 0 Å². The Bertz CT molecular complexity index is 391. The van der Waals surface area contributed by atoms with E-state index in [1.807, 2.05) is 20.8 Å². The van der Waals surface area contributed by atoms with Gasteiger partial charge in [-0.25, -0.2) is 0 Å². The molecule has 1 aromatic carbocycles. The maximum Gasteiger partial charge on any atom is 0.251 e. The van der Waals surface area contributed by atoms with E-state index in [9.17, 15) is 15.0 Å². The van der Waals surface area contributed by atoms with E-state index in [1.54, 1.807) is 0 Å². The van der Waals surface area contributed by atoms with Gasteiger partial charge in [0.05, 0.1) is 0 Å². The lowest BCUT2D eigenvalue weighted by Crippen LogP contribution is -2.44. The zero-order valence-electron chi connectivity index (χ0n) is 10.4. The molecule has 0 bridgehead atoms. The van der Waals surface area contributed by atoms with Gasteiger partial charge in [0, 0.05) is 17.2 Å². The molecular weight excluding hydrogens is 218 g/mol. The molecule has 1 rings (SSSR count). The van der Waals surface area contributed by atoms with Crippen LogP contribution in [0.25, 0.3) is 0 Å². The minimum Gasteiger partial charge on any atom is -0.508 e. The molecule has 0 radical (unpaired) electrons. The van der Waals surface area contributed by atoms with E-state index in [4.69, 9.17) is 0 Å². The summed E-state index contributed by atoms with van der Waals surface area (Å²) in [7, 11) is 0. The second kappa shape index (κ2) is 5.08. The number of carbonyl (C=O) groups excluding carboxylic acids is 1. The lowest BCUT2D eigenvalue weighted by Gasteiger charge is -2.28. The molecule has 0 spiro atoms. The summed E-state index contributed by atoms with van der Waals surface area (Å²) >= 11 is 0. The van der Waals surface area contributed by atoms with Gasteiger partial charge in [0.15, 0.2) is 0 Å². The molecule has 0 unspecified atom stereocenters. The van der Waals surface area contributed by atoms with Crippen LogP contribution in [-0.4, -0.2) is 21.7 Å². The molecule has 0 atom stereocenters. The van der Waals surface area contributed by atoms with Crippen molar-refractivity contribution in [2.24, 2.45) is 0 Å². The van der Waals surface area contributed by atoms with E-state index >= 15 is 0 Å². The molecule has 0 saturated heterocycles. The van der Waals surface area contributed by atoms with Crippen molar-refractivity contribution in [2.45, 2.75) is 39.2 Å². The van der Waals surface area contributed by atoms with Crippen LogP contribution in [0.2, 0.25) is 0 Å². The van der Waals surface area contributed by atoms with Crippen molar-refractivity contribution in [3.8, 4) is 11.5 Å². The van der Waals surface area contributed by atoms with Gasteiger partial charge in [-0.3, -0.25) is 4.79 Å². The van der Waals surface area contributed by atoms with Gasteiger partial charge in [0.2, 0.25) is 0 Å². The third-order valence-electron chi connectivity index (χ3n) is 3.14. The summed E-state index contributed by atoms with van der Waals surface area (Å²) in [6.07, 6.45) is 1.64. The molecule has 0 aromatic heterocycles. The molecule has 0 fully saturated rings. The fourth-order valence-corrected chi connectivity index (χ4v) is 1.50. The second-order valence-electron chi connectivity index (χ2n) is 4.46. The number of hydrogen-bond donors (Lipinski definition) is 3. The van der Waals surface area contributed by atoms with Gasteiger partial charge in [0.1, 0.15) is 11.5 Å². The number of rotatable bonds is 4. The zero-order valence-corrected chi connectivity index (χ0v) is 10.4. The number of nitrogens with one attached hydrogen (secondary N) is 1. The number of phenols is 2. The average molecular weight is 237 g/mol. The number of amides is 1. The van der Waals surface area contributed by atoms with Crippen LogP contribution >= 0.6 is 0 Å². The Morgan fingerprint density at radius 2 is 1.65 bits per heavy atom. The van der Waals surface area contributed by atoms with Gasteiger partial charge in [-0.15, -0.1) is 0 Å². The van der Waals surface area contributed by atoms with Crippen molar-refractivity contribution in [3.05, 3.63) is 23.8 Å². The summed E-state index contributed by atoms with van der Waals surface area (Å²) in [5.74, 6) is -0.530. The van der Waals surface area contributed by atoms with Gasteiger partial charge in [-0.1, -0.05) is 13.8 Å². The van der Waals surface area contributed by atoms with Crippen LogP contribution in [0.5, 0.6) is 11.5 Å². The Balaban J connectivity index is 2.90. The average Bonchev–Trinajstić information content (AvgIpc) is 2.27. The molecular formula is C13H19NO3. The predicted molar refractivity (Wildman–Crippen MR) is 66.2 cm³/mol. The highest BCUT2D eigenvalue weighted by Crippen LogP contribution is 2.21. The molecule has 0 aliphatic carbocycles. The molecule has 0 saturated carbocycles. The van der Waals surface area contributed by atoms with Gasteiger partial charge in [-0.05, 0) is 31.9 Å². The summed E-state index contributed by atoms with van der Waals surface area (Å²) in [6, 6.07) is 3.86. The third kappa shape index (κ3) is 3.37. The smallest absolute Gasteiger partial charge is 0.251 e. The quantitative estimate of drug-likeness (QED) is 0.753. The zero-order chi connectivity index (χ0) is 13.1. The maximum atomic E-state index is 11.9. The highest BCUT2D eigenvalue weighted by Gasteiger charge is 2.22. The molecule has 1 amide bonds. The first-order valence-electron chi connectivity index (χ1n) is 5.75. The number of benzene rings is 1. The SMILES string of the molecule is CCC(C)(CC)NC(=O)c1cc(O)cc(O)c1. The van der Waals surface area contributed by atoms with Crippen molar-refractivity contribution in [3.63, 3.8) is 0 Å². The van der Waals surface area contributed by atoms with Gasteiger partial charge in [0.25, 0.3) is 5.91 Å². The van der Waals surface area contributed by atoms with Crippen molar-refractivity contribution in [1.29, 1.82) is 0 Å². The molecule has 4 nitrogen and oxygen atoms in total. The Morgan fingerprint density at radius 1 is 1.18 bits per heavy atom. The van der Waals surface area contributed by atoms with Crippen molar-refractivity contribution < 1.29 is 15.0 Å². The van der Waals surface area contributed by atoms with E-state index in [1.165, 1.54) is 18.2 Å². The molecule has 0 aliphatic rings. The van der Waals surface area contributed by atoms with Crippen LogP contribution < -0.4 is 5.32 Å². The van der Waals surface area contributed by atoms with Gasteiger partial charge >= 0.3 is 0 Å². The molecule has 1 aromatic rings. The first kappa shape index (κ1) is 13.4. The van der Waals surface area contributed by atoms with Crippen LogP contribution in [0.15, 0.2) is 18.2 Å². The number of hydrogen-bond acceptors (Lipinski definition) is 3. The molecule has 17 heavy (non-hydrogen) atoms. The molecule has 94 valence electrons. The summed E-state index contributed by atoms with van der Waals surface area (Å²) in [4.78, 5) is 11.9. The largest absolute Gasteiger partial charge is 0.508 e. The monoisotopic (exact) mass is 237 g/mol. The third-order valence-corrected chi connectivity index (χ3v) is 3.14. The molecule has 0 heterocycles. The highest BCUT2D eigenvalue weighted by molar-refractivity contribution is 5.95. The Labute approximate surface area is 101 Å². The van der Waals surface area contributed by atoms with Crippen molar-refractivity contribution in [1.82, 2.24) is 5.32 Å². The normalized spacial score (nSPS) is 11.2. The topological polar surface area (TPSA) is 69.6 Å². The van der Waals surface area contributed by atoms with Crippen molar-refractivity contribution in [2.75, 3.05) is 0 Å². The Kier molecular flexibility index (Phi) is 3.99. The van der Waals surface area contributed by atoms with E-state index in [2.05, 4.69) is 5.32 Å². The van der Waals surface area contributed by atoms with Crippen LogP contribution in [0, 0.1) is 0 Å². The van der Waals surface area contributed by atoms with E-state index in [0.717, 1.165) is 12.8 Å². The molecule has 4 heteroatoms. The fourth-order valence-electron chi connectivity index (χ4n) is 1.50. The number of phenolic OH excluding ortho intramolecular Hbond substituents is 2. The maximum absolute atomic E-state index is 11.9. The second-order valence-corrected chi connectivity index (χ2v) is 4.46. The first-order valence-corrected chi connectivity index (χ1v) is 5.75. The number of carbonyl (C=O) groups is 1. The van der Waals surface area contributed by atoms with E-state index in [0.29, 0.717) is 0 Å². The summed E-state index contributed by atoms with van der Waals surface area (Å²) in [5, 5.41) is 21.5. The predicted octanol–water partition coefficient (Wildman–Crippen LogP) is 2.41. The summed E-state index contributed by atoms with van der Waals surface area (Å²) in [6.45, 7) is 5.97. The Hall–Kier alpha value is -1.71. The van der Waals surface area contributed by atoms with Crippen LogP contribution in [0.3, 0.4) is 0 Å². The lowest BCUT2D eigenvalue weighted by atomic mass is 9.95. The lowest BCUT2D eigenvalue weighted by molar-refractivity contribution is 0.0900. The standard InChI is InChI=1S/C13H19NO3/c1-4-13(3,5-2)14-12(17)9-6-10(15)8-11(16)7-9/h6-8,15-16H,4-5H2,1-3H3,(H,14,17). The Morgan fingerprint density at radius 3 is 2.06 bits per heavy atom.